The molecule has 33 heavy (non-hydrogen) atoms. The van der Waals surface area contributed by atoms with Crippen LogP contribution in [0.2, 0.25) is 0 Å². The Balaban J connectivity index is 2.01. The Hall–Kier alpha value is -3.11. The van der Waals surface area contributed by atoms with Crippen LogP contribution in [-0.2, 0) is 24.4 Å². The van der Waals surface area contributed by atoms with E-state index >= 15 is 0 Å². The molecule has 1 unspecified atom stereocenters. The van der Waals surface area contributed by atoms with E-state index in [-0.39, 0.29) is 22.8 Å². The zero-order valence-corrected chi connectivity index (χ0v) is 19.6. The van der Waals surface area contributed by atoms with E-state index in [1.165, 1.54) is 31.2 Å². The van der Waals surface area contributed by atoms with E-state index in [1.54, 1.807) is 20.8 Å². The van der Waals surface area contributed by atoms with Gasteiger partial charge >= 0.3 is 5.97 Å². The maximum absolute atomic E-state index is 13.6. The summed E-state index contributed by atoms with van der Waals surface area (Å²) in [7, 11) is -4.24. The highest BCUT2D eigenvalue weighted by molar-refractivity contribution is 7.89. The summed E-state index contributed by atoms with van der Waals surface area (Å²) in [5.41, 5.74) is -0.778. The third kappa shape index (κ3) is 4.81. The van der Waals surface area contributed by atoms with Gasteiger partial charge in [0.15, 0.2) is 0 Å². The molecule has 0 aromatic heterocycles. The van der Waals surface area contributed by atoms with E-state index in [1.807, 2.05) is 0 Å². The van der Waals surface area contributed by atoms with E-state index < -0.39 is 45.2 Å². The fourth-order valence-electron chi connectivity index (χ4n) is 3.69. The Morgan fingerprint density at radius 1 is 1.12 bits per heavy atom. The minimum atomic E-state index is -4.24. The number of amides is 2. The van der Waals surface area contributed by atoms with Crippen LogP contribution in [0.4, 0.5) is 10.1 Å². The quantitative estimate of drug-likeness (QED) is 0.345. The van der Waals surface area contributed by atoms with Crippen LogP contribution in [0.5, 0.6) is 5.75 Å². The van der Waals surface area contributed by atoms with Crippen molar-refractivity contribution in [3.63, 3.8) is 0 Å². The van der Waals surface area contributed by atoms with Gasteiger partial charge in [0.25, 0.3) is 5.91 Å². The van der Waals surface area contributed by atoms with E-state index in [4.69, 9.17) is 4.74 Å². The number of anilines is 1. The third-order valence-corrected chi connectivity index (χ3v) is 7.73. The molecule has 8 nitrogen and oxygen atoms in total. The summed E-state index contributed by atoms with van der Waals surface area (Å²) >= 11 is 0. The summed E-state index contributed by atoms with van der Waals surface area (Å²) in [5.74, 6) is -2.11. The van der Waals surface area contributed by atoms with Gasteiger partial charge in [-0.3, -0.25) is 14.4 Å². The summed E-state index contributed by atoms with van der Waals surface area (Å²) in [5, 5.41) is 0. The number of imide groups is 1. The molecule has 1 saturated heterocycles. The second-order valence-electron chi connectivity index (χ2n) is 8.30. The van der Waals surface area contributed by atoms with Crippen LogP contribution in [0.15, 0.2) is 53.4 Å². The molecule has 1 heterocycles. The van der Waals surface area contributed by atoms with Crippen LogP contribution in [0, 0.1) is 5.82 Å². The van der Waals surface area contributed by atoms with Crippen molar-refractivity contribution in [2.24, 2.45) is 0 Å². The standard InChI is InChI=1S/C23H25FN2O6S/c1-5-23(3,4)26(33(30,31)19-12-6-16(24)7-13-19)20-14-21(28)25(22(20)29)17-8-10-18(11-9-17)32-15(2)27/h6-13,20H,5,14H2,1-4H3. The van der Waals surface area contributed by atoms with Crippen LogP contribution in [0.1, 0.15) is 40.5 Å². The van der Waals surface area contributed by atoms with Crippen LogP contribution >= 0.6 is 0 Å². The first-order valence-electron chi connectivity index (χ1n) is 10.3. The molecule has 3 rings (SSSR count). The highest BCUT2D eigenvalue weighted by Crippen LogP contribution is 2.36. The number of hydrogen-bond donors (Lipinski definition) is 0. The molecule has 0 bridgehead atoms. The maximum atomic E-state index is 13.6. The number of hydrogen-bond acceptors (Lipinski definition) is 6. The van der Waals surface area contributed by atoms with E-state index in [0.29, 0.717) is 6.42 Å². The topological polar surface area (TPSA) is 101 Å². The van der Waals surface area contributed by atoms with Crippen molar-refractivity contribution in [1.29, 1.82) is 0 Å². The van der Waals surface area contributed by atoms with Gasteiger partial charge in [0.2, 0.25) is 15.9 Å². The first-order chi connectivity index (χ1) is 15.4. The number of nitrogens with zero attached hydrogens (tertiary/aromatic N) is 2. The molecule has 2 aromatic carbocycles. The van der Waals surface area contributed by atoms with Gasteiger partial charge in [0, 0.05) is 12.5 Å². The maximum Gasteiger partial charge on any atom is 0.308 e. The summed E-state index contributed by atoms with van der Waals surface area (Å²) in [4.78, 5) is 38.1. The average molecular weight is 477 g/mol. The molecule has 0 saturated carbocycles. The first-order valence-corrected chi connectivity index (χ1v) is 11.8. The summed E-state index contributed by atoms with van der Waals surface area (Å²) in [6.07, 6.45) is 0.0247. The second kappa shape index (κ2) is 9.03. The fourth-order valence-corrected chi connectivity index (χ4v) is 5.68. The predicted octanol–water partition coefficient (Wildman–Crippen LogP) is 3.26. The SMILES string of the molecule is CCC(C)(C)N(C1CC(=O)N(c2ccc(OC(C)=O)cc2)C1=O)S(=O)(=O)c1ccc(F)cc1. The molecule has 2 amide bonds. The molecule has 1 aliphatic rings. The van der Waals surface area contributed by atoms with Crippen molar-refractivity contribution >= 4 is 33.5 Å². The number of halogens is 1. The van der Waals surface area contributed by atoms with E-state index in [2.05, 4.69) is 0 Å². The lowest BCUT2D eigenvalue weighted by Gasteiger charge is -2.39. The monoisotopic (exact) mass is 476 g/mol. The summed E-state index contributed by atoms with van der Waals surface area (Å²) in [6, 6.07) is 8.83. The van der Waals surface area contributed by atoms with Gasteiger partial charge in [0.1, 0.15) is 17.6 Å². The predicted molar refractivity (Wildman–Crippen MR) is 118 cm³/mol. The van der Waals surface area contributed by atoms with E-state index in [9.17, 15) is 27.2 Å². The Bertz CT molecular complexity index is 1180. The molecule has 10 heteroatoms. The molecule has 1 fully saturated rings. The Morgan fingerprint density at radius 3 is 2.21 bits per heavy atom. The molecule has 176 valence electrons. The van der Waals surface area contributed by atoms with Crippen LogP contribution in [-0.4, -0.2) is 42.1 Å². The van der Waals surface area contributed by atoms with Gasteiger partial charge in [-0.05, 0) is 68.8 Å². The highest BCUT2D eigenvalue weighted by Gasteiger charge is 2.51. The van der Waals surface area contributed by atoms with Crippen molar-refractivity contribution in [3.8, 4) is 5.75 Å². The Labute approximate surface area is 192 Å². The average Bonchev–Trinajstić information content (AvgIpc) is 3.01. The third-order valence-electron chi connectivity index (χ3n) is 5.59. The highest BCUT2D eigenvalue weighted by atomic mass is 32.2. The zero-order valence-electron chi connectivity index (χ0n) is 18.7. The number of carbonyl (C=O) groups excluding carboxylic acids is 3. The number of sulfonamides is 1. The fraction of sp³-hybridized carbons (Fsp3) is 0.348. The molecule has 1 aliphatic heterocycles. The number of esters is 1. The largest absolute Gasteiger partial charge is 0.427 e. The molecule has 0 N–H and O–H groups in total. The molecule has 0 spiro atoms. The molecule has 0 aliphatic carbocycles. The zero-order chi connectivity index (χ0) is 24.6. The Morgan fingerprint density at radius 2 is 1.70 bits per heavy atom. The van der Waals surface area contributed by atoms with Crippen molar-refractivity contribution < 1.29 is 31.9 Å². The minimum absolute atomic E-state index is 0.171. The van der Waals surface area contributed by atoms with Crippen LogP contribution in [0.25, 0.3) is 0 Å². The normalized spacial score (nSPS) is 17.0. The summed E-state index contributed by atoms with van der Waals surface area (Å²) in [6.45, 7) is 6.36. The number of benzene rings is 2. The van der Waals surface area contributed by atoms with Crippen LogP contribution in [0.3, 0.4) is 0 Å². The van der Waals surface area contributed by atoms with Gasteiger partial charge in [-0.25, -0.2) is 17.7 Å². The molecule has 0 radical (unpaired) electrons. The van der Waals surface area contributed by atoms with Crippen LogP contribution < -0.4 is 9.64 Å². The lowest BCUT2D eigenvalue weighted by atomic mass is 10.00. The minimum Gasteiger partial charge on any atom is -0.427 e. The molecule has 1 atom stereocenters. The van der Waals surface area contributed by atoms with Gasteiger partial charge in [-0.1, -0.05) is 6.92 Å². The second-order valence-corrected chi connectivity index (χ2v) is 10.1. The Kier molecular flexibility index (Phi) is 6.71. The van der Waals surface area contributed by atoms with Crippen molar-refractivity contribution in [3.05, 3.63) is 54.3 Å². The molecular weight excluding hydrogens is 451 g/mol. The molecular formula is C23H25FN2O6S. The smallest absolute Gasteiger partial charge is 0.308 e. The first kappa shape index (κ1) is 24.5. The van der Waals surface area contributed by atoms with Crippen molar-refractivity contribution in [2.75, 3.05) is 4.90 Å². The number of ether oxygens (including phenoxy) is 1. The van der Waals surface area contributed by atoms with Gasteiger partial charge in [0.05, 0.1) is 17.0 Å². The van der Waals surface area contributed by atoms with Crippen molar-refractivity contribution in [1.82, 2.24) is 4.31 Å². The molecule has 2 aromatic rings. The van der Waals surface area contributed by atoms with Gasteiger partial charge in [-0.2, -0.15) is 4.31 Å². The van der Waals surface area contributed by atoms with Gasteiger partial charge in [-0.15, -0.1) is 0 Å². The summed E-state index contributed by atoms with van der Waals surface area (Å²) < 4.78 is 46.5. The van der Waals surface area contributed by atoms with E-state index in [0.717, 1.165) is 33.5 Å². The number of carbonyl (C=O) groups is 3. The lowest BCUT2D eigenvalue weighted by molar-refractivity contribution is -0.132. The number of rotatable bonds is 7. The van der Waals surface area contributed by atoms with Gasteiger partial charge < -0.3 is 4.74 Å². The van der Waals surface area contributed by atoms with Crippen molar-refractivity contribution in [2.45, 2.75) is 57.0 Å². The lowest BCUT2D eigenvalue weighted by Crippen LogP contribution is -2.55.